The SMILES string of the molecule is O=C(O)c1cccn1CC1CCCS1(=O)=O. The molecule has 1 atom stereocenters. The van der Waals surface area contributed by atoms with Gasteiger partial charge in [-0.3, -0.25) is 0 Å². The van der Waals surface area contributed by atoms with Gasteiger partial charge in [0.15, 0.2) is 9.84 Å². The Kier molecular flexibility index (Phi) is 2.75. The zero-order chi connectivity index (χ0) is 11.8. The monoisotopic (exact) mass is 243 g/mol. The number of rotatable bonds is 3. The van der Waals surface area contributed by atoms with Gasteiger partial charge < -0.3 is 9.67 Å². The number of hydrogen-bond donors (Lipinski definition) is 1. The number of carboxylic acid groups (broad SMARTS) is 1. The molecule has 0 bridgehead atoms. The number of aromatic nitrogens is 1. The Bertz CT molecular complexity index is 503. The average molecular weight is 243 g/mol. The molecule has 0 aromatic carbocycles. The summed E-state index contributed by atoms with van der Waals surface area (Å²) in [5.41, 5.74) is 0.141. The lowest BCUT2D eigenvalue weighted by Crippen LogP contribution is -2.23. The summed E-state index contributed by atoms with van der Waals surface area (Å²) in [6.07, 6.45) is 2.91. The van der Waals surface area contributed by atoms with E-state index in [2.05, 4.69) is 0 Å². The summed E-state index contributed by atoms with van der Waals surface area (Å²) in [6.45, 7) is 0.247. The van der Waals surface area contributed by atoms with Crippen LogP contribution in [0.4, 0.5) is 0 Å². The van der Waals surface area contributed by atoms with Gasteiger partial charge in [0.05, 0.1) is 11.0 Å². The summed E-state index contributed by atoms with van der Waals surface area (Å²) >= 11 is 0. The zero-order valence-corrected chi connectivity index (χ0v) is 9.48. The summed E-state index contributed by atoms with van der Waals surface area (Å²) in [6, 6.07) is 3.09. The molecule has 0 aliphatic carbocycles. The molecule has 1 N–H and O–H groups in total. The van der Waals surface area contributed by atoms with Crippen molar-refractivity contribution in [3.63, 3.8) is 0 Å². The molecule has 1 aromatic heterocycles. The minimum atomic E-state index is -3.02. The van der Waals surface area contributed by atoms with Gasteiger partial charge in [-0.25, -0.2) is 13.2 Å². The molecule has 1 aliphatic rings. The van der Waals surface area contributed by atoms with Crippen LogP contribution in [0.2, 0.25) is 0 Å². The Morgan fingerprint density at radius 3 is 2.88 bits per heavy atom. The molecular formula is C10H13NO4S. The van der Waals surface area contributed by atoms with Gasteiger partial charge in [-0.15, -0.1) is 0 Å². The van der Waals surface area contributed by atoms with Gasteiger partial charge in [0.2, 0.25) is 0 Å². The zero-order valence-electron chi connectivity index (χ0n) is 8.67. The van der Waals surface area contributed by atoms with Crippen LogP contribution < -0.4 is 0 Å². The van der Waals surface area contributed by atoms with E-state index in [1.807, 2.05) is 0 Å². The molecule has 2 heterocycles. The fraction of sp³-hybridized carbons (Fsp3) is 0.500. The standard InChI is InChI=1S/C10H13NO4S/c12-10(13)9-4-1-5-11(9)7-8-3-2-6-16(8,14)15/h1,4-5,8H,2-3,6-7H2,(H,12,13). The van der Waals surface area contributed by atoms with Gasteiger partial charge in [-0.1, -0.05) is 0 Å². The largest absolute Gasteiger partial charge is 0.477 e. The first-order chi connectivity index (χ1) is 7.50. The van der Waals surface area contributed by atoms with Crippen LogP contribution >= 0.6 is 0 Å². The van der Waals surface area contributed by atoms with Crippen molar-refractivity contribution in [1.29, 1.82) is 0 Å². The highest BCUT2D eigenvalue weighted by molar-refractivity contribution is 7.92. The topological polar surface area (TPSA) is 76.4 Å². The maximum atomic E-state index is 11.6. The Labute approximate surface area is 93.6 Å². The Balaban J connectivity index is 2.21. The number of sulfone groups is 1. The number of nitrogens with zero attached hydrogens (tertiary/aromatic N) is 1. The predicted molar refractivity (Wildman–Crippen MR) is 58.2 cm³/mol. The van der Waals surface area contributed by atoms with E-state index in [4.69, 9.17) is 5.11 Å². The predicted octanol–water partition coefficient (Wildman–Crippen LogP) is 0.764. The number of hydrogen-bond acceptors (Lipinski definition) is 3. The molecule has 1 aliphatic heterocycles. The van der Waals surface area contributed by atoms with Crippen LogP contribution in [-0.2, 0) is 16.4 Å². The van der Waals surface area contributed by atoms with E-state index >= 15 is 0 Å². The van der Waals surface area contributed by atoms with Crippen LogP contribution in [0.15, 0.2) is 18.3 Å². The Morgan fingerprint density at radius 1 is 1.56 bits per heavy atom. The highest BCUT2D eigenvalue weighted by atomic mass is 32.2. The van der Waals surface area contributed by atoms with Gasteiger partial charge in [-0.05, 0) is 25.0 Å². The molecule has 5 nitrogen and oxygen atoms in total. The highest BCUT2D eigenvalue weighted by Gasteiger charge is 2.31. The van der Waals surface area contributed by atoms with Crippen molar-refractivity contribution in [1.82, 2.24) is 4.57 Å². The molecule has 16 heavy (non-hydrogen) atoms. The molecule has 1 aromatic rings. The van der Waals surface area contributed by atoms with Crippen molar-refractivity contribution >= 4 is 15.8 Å². The van der Waals surface area contributed by atoms with E-state index in [0.717, 1.165) is 0 Å². The van der Waals surface area contributed by atoms with Crippen molar-refractivity contribution in [2.45, 2.75) is 24.6 Å². The van der Waals surface area contributed by atoms with E-state index < -0.39 is 21.1 Å². The molecule has 1 saturated heterocycles. The van der Waals surface area contributed by atoms with Gasteiger partial charge in [-0.2, -0.15) is 0 Å². The fourth-order valence-electron chi connectivity index (χ4n) is 2.05. The third kappa shape index (κ3) is 1.97. The molecule has 2 rings (SSSR count). The Hall–Kier alpha value is -1.30. The quantitative estimate of drug-likeness (QED) is 0.850. The summed E-state index contributed by atoms with van der Waals surface area (Å²) in [4.78, 5) is 10.8. The van der Waals surface area contributed by atoms with Gasteiger partial charge in [0.25, 0.3) is 0 Å². The lowest BCUT2D eigenvalue weighted by atomic mass is 10.2. The molecule has 88 valence electrons. The molecule has 1 fully saturated rings. The van der Waals surface area contributed by atoms with Crippen LogP contribution in [-0.4, -0.2) is 35.1 Å². The number of aromatic carboxylic acids is 1. The van der Waals surface area contributed by atoms with Crippen molar-refractivity contribution < 1.29 is 18.3 Å². The van der Waals surface area contributed by atoms with Crippen molar-refractivity contribution in [3.8, 4) is 0 Å². The summed E-state index contributed by atoms with van der Waals surface area (Å²) in [5, 5.41) is 8.46. The minimum Gasteiger partial charge on any atom is -0.477 e. The van der Waals surface area contributed by atoms with Crippen LogP contribution in [0.3, 0.4) is 0 Å². The van der Waals surface area contributed by atoms with Gasteiger partial charge in [0, 0.05) is 12.7 Å². The lowest BCUT2D eigenvalue weighted by Gasteiger charge is -2.11. The lowest BCUT2D eigenvalue weighted by molar-refractivity contribution is 0.0685. The molecule has 0 radical (unpaired) electrons. The normalized spacial score (nSPS) is 23.4. The van der Waals surface area contributed by atoms with Crippen LogP contribution in [0.1, 0.15) is 23.3 Å². The summed E-state index contributed by atoms with van der Waals surface area (Å²) in [7, 11) is -3.02. The van der Waals surface area contributed by atoms with Crippen LogP contribution in [0.25, 0.3) is 0 Å². The molecule has 1 unspecified atom stereocenters. The van der Waals surface area contributed by atoms with Gasteiger partial charge in [0.1, 0.15) is 5.69 Å². The van der Waals surface area contributed by atoms with Gasteiger partial charge >= 0.3 is 5.97 Å². The molecule has 0 spiro atoms. The second-order valence-electron chi connectivity index (χ2n) is 3.98. The second-order valence-corrected chi connectivity index (χ2v) is 6.38. The van der Waals surface area contributed by atoms with E-state index in [9.17, 15) is 13.2 Å². The highest BCUT2D eigenvalue weighted by Crippen LogP contribution is 2.22. The first-order valence-corrected chi connectivity index (χ1v) is 6.82. The van der Waals surface area contributed by atoms with Crippen molar-refractivity contribution in [2.24, 2.45) is 0 Å². The third-order valence-electron chi connectivity index (χ3n) is 2.91. The van der Waals surface area contributed by atoms with Crippen molar-refractivity contribution in [2.75, 3.05) is 5.75 Å². The average Bonchev–Trinajstić information content (AvgIpc) is 2.74. The summed E-state index contributed by atoms with van der Waals surface area (Å²) < 4.78 is 24.7. The van der Waals surface area contributed by atoms with Crippen LogP contribution in [0, 0.1) is 0 Å². The van der Waals surface area contributed by atoms with E-state index in [-0.39, 0.29) is 18.0 Å². The smallest absolute Gasteiger partial charge is 0.352 e. The van der Waals surface area contributed by atoms with E-state index in [1.54, 1.807) is 12.3 Å². The van der Waals surface area contributed by atoms with E-state index in [0.29, 0.717) is 12.8 Å². The maximum Gasteiger partial charge on any atom is 0.352 e. The molecular weight excluding hydrogens is 230 g/mol. The Morgan fingerprint density at radius 2 is 2.31 bits per heavy atom. The number of carboxylic acids is 1. The second kappa shape index (κ2) is 3.93. The van der Waals surface area contributed by atoms with E-state index in [1.165, 1.54) is 10.6 Å². The summed E-state index contributed by atoms with van der Waals surface area (Å²) in [5.74, 6) is -0.804. The van der Waals surface area contributed by atoms with Crippen molar-refractivity contribution in [3.05, 3.63) is 24.0 Å². The molecule has 6 heteroatoms. The molecule has 0 saturated carbocycles. The first kappa shape index (κ1) is 11.2. The van der Waals surface area contributed by atoms with Crippen LogP contribution in [0.5, 0.6) is 0 Å². The number of carbonyl (C=O) groups is 1. The maximum absolute atomic E-state index is 11.6. The third-order valence-corrected chi connectivity index (χ3v) is 5.17. The fourth-order valence-corrected chi connectivity index (χ4v) is 3.87. The minimum absolute atomic E-state index is 0.141. The first-order valence-electron chi connectivity index (χ1n) is 5.11. The molecule has 0 amide bonds.